The molecule has 614 valence electrons. The van der Waals surface area contributed by atoms with Crippen LogP contribution >= 0.6 is 0 Å². The predicted octanol–water partition coefficient (Wildman–Crippen LogP) is 18.4. The Hall–Kier alpha value is -5.73. The number of ether oxygens (including phenoxy) is 2. The quantitative estimate of drug-likeness (QED) is 0.0193. The molecule has 0 spiro atoms. The largest absolute Gasteiger partial charge is 1.00 e. The molecule has 10 aliphatic rings. The van der Waals surface area contributed by atoms with Gasteiger partial charge in [0.15, 0.2) is 35.6 Å². The topological polar surface area (TPSA) is 287 Å². The van der Waals surface area contributed by atoms with E-state index in [1.807, 2.05) is 13.8 Å². The van der Waals surface area contributed by atoms with Crippen LogP contribution < -0.4 is 29.6 Å². The Morgan fingerprint density at radius 3 is 1.85 bits per heavy atom. The molecule has 6 saturated carbocycles. The molecule has 6 aromatic carbocycles. The molecule has 0 amide bonds. The number of aromatic hydroxyl groups is 6. The van der Waals surface area contributed by atoms with Crippen molar-refractivity contribution >= 4 is 55.4 Å². The molecule has 2 saturated heterocycles. The van der Waals surface area contributed by atoms with E-state index in [1.54, 1.807) is 56.5 Å². The first-order valence-corrected chi connectivity index (χ1v) is 43.6. The van der Waals surface area contributed by atoms with Gasteiger partial charge in [0.2, 0.25) is 10.4 Å². The molecule has 0 radical (unpaired) electrons. The molecule has 18 atom stereocenters. The van der Waals surface area contributed by atoms with E-state index in [1.165, 1.54) is 125 Å². The second-order valence-corrected chi connectivity index (χ2v) is 42.1. The second-order valence-electron chi connectivity index (χ2n) is 41.3. The van der Waals surface area contributed by atoms with Gasteiger partial charge in [-0.2, -0.15) is 29.3 Å². The van der Waals surface area contributed by atoms with Crippen molar-refractivity contribution in [3.05, 3.63) is 116 Å². The number of H-pyrrole nitrogens is 1. The minimum absolute atomic E-state index is 0. The van der Waals surface area contributed by atoms with Crippen LogP contribution in [0.4, 0.5) is 0 Å². The summed E-state index contributed by atoms with van der Waals surface area (Å²) >= 11 is 0. The van der Waals surface area contributed by atoms with Crippen LogP contribution in [0, 0.1) is 100 Å². The van der Waals surface area contributed by atoms with E-state index in [9.17, 15) is 45.3 Å². The van der Waals surface area contributed by atoms with Crippen molar-refractivity contribution in [2.24, 2.45) is 73.4 Å². The Kier molecular flexibility index (Phi) is 22.2. The zero-order valence-corrected chi connectivity index (χ0v) is 74.6. The summed E-state index contributed by atoms with van der Waals surface area (Å²) in [5.41, 5.74) is 12.5. The number of carbonyl (C=O) groups is 2. The van der Waals surface area contributed by atoms with Crippen molar-refractivity contribution < 1.29 is 102 Å². The van der Waals surface area contributed by atoms with Crippen LogP contribution in [0.2, 0.25) is 0 Å². The van der Waals surface area contributed by atoms with Gasteiger partial charge >= 0.3 is 29.6 Å². The van der Waals surface area contributed by atoms with E-state index >= 15 is 0 Å². The molecular formula is C96H127NNaO15S-. The first-order chi connectivity index (χ1) is 52.6. The van der Waals surface area contributed by atoms with Gasteiger partial charge in [-0.25, -0.2) is 8.42 Å². The SMILES string of the molecule is CC(C)(C)[C@@H]1C[C@@H](O)[C@]2(C)[C@H](CC[C@@]3(C)[C@H]2CC[C@H]2Cc4c([nH]c5ccccc45)[C@@]23C)O1.Cc1cc2c(C(C)C)c(O)c(O)c(C=O)c2c(O)c1-c1c(O)c(C=O)c2c(O)c(O)c(C(C)C)cc2c1C.Cc1cc[c-]c2c1C[C@H]1[C@]3(C)CC[C@@H]4[C@](C)(CC[C@@H]5O[C@@]6(C)CCCC(C)(C)[C@@H]6CC[C@@]45C)[C@H]3CC[C@]21C.O=S(=O)([O-])O.[Na+]. The number of aliphatic hydroxyl groups is 1. The number of phenols is 6. The number of phenolic OH excluding ortho intramolecular Hbond substituents is 6. The van der Waals surface area contributed by atoms with Crippen LogP contribution in [-0.2, 0) is 43.5 Å². The summed E-state index contributed by atoms with van der Waals surface area (Å²) in [6.07, 6.45) is 24.1. The first kappa shape index (κ1) is 86.1. The predicted molar refractivity (Wildman–Crippen MR) is 445 cm³/mol. The maximum absolute atomic E-state index is 12.2. The van der Waals surface area contributed by atoms with Gasteiger partial charge in [-0.3, -0.25) is 14.1 Å². The van der Waals surface area contributed by atoms with Gasteiger partial charge in [0.05, 0.1) is 41.1 Å². The summed E-state index contributed by atoms with van der Waals surface area (Å²) in [7, 11) is -4.92. The third kappa shape index (κ3) is 12.9. The van der Waals surface area contributed by atoms with Crippen LogP contribution in [0.25, 0.3) is 43.6 Å². The zero-order valence-electron chi connectivity index (χ0n) is 71.8. The van der Waals surface area contributed by atoms with Gasteiger partial charge in [-0.15, -0.1) is 5.56 Å². The van der Waals surface area contributed by atoms with Crippen LogP contribution in [0.5, 0.6) is 34.5 Å². The van der Waals surface area contributed by atoms with Gasteiger partial charge in [-0.05, 0) is 242 Å². The molecule has 16 nitrogen and oxygen atoms in total. The van der Waals surface area contributed by atoms with Gasteiger partial charge in [-0.1, -0.05) is 155 Å². The molecular weight excluding hydrogens is 1460 g/mol. The van der Waals surface area contributed by atoms with Crippen molar-refractivity contribution in [3.8, 4) is 45.6 Å². The number of aryl methyl sites for hydroxylation is 3. The molecule has 1 aromatic heterocycles. The van der Waals surface area contributed by atoms with Crippen molar-refractivity contribution in [2.45, 2.75) is 307 Å². The van der Waals surface area contributed by atoms with Crippen molar-refractivity contribution in [3.63, 3.8) is 0 Å². The maximum Gasteiger partial charge on any atom is 1.00 e. The van der Waals surface area contributed by atoms with Crippen LogP contribution in [0.3, 0.4) is 0 Å². The standard InChI is InChI=1S/C37H55O.C30H30O8.C29H41NO2.Na.H2O4S/c1-24-11-9-12-26-25(24)23-30-33(26,4)19-14-28-34(5)22-16-31-36(7,29(34)15-20-35(28,30)6)21-13-27-32(2,3)17-10-18-37(27,8)38-31;1-11(2)15-8-16-14(6)22(25(33)18(9-31)23(16)30(38)26(15)34)21-13(5)7-17-20(12(3)4)29(37)27(35)19(10-32)24(17)28(21)36;1-26(2,3)24-16-22(31)28(5)21-12-11-17-15-19-18-9-7-8-10-20(18)30-25(19)29(17,6)27(21,4)14-13-23(28)32-24;;1-5(2,3)4/h9,11,27-31H,10,13-23H2,1-8H3;7-12,33-38H,1-6H3;7-10,17,21-24,30-31H,11-16H2,1-6H3;;(H2,1,2,3,4)/q-1;;;+1;/p-1/t27-,28+,29+,30+,31-,33+,34+,35+,36-,37-;;17-,21+,22+,23-,24-,27-,28+,29+;;/m0.0../s1. The third-order valence-corrected chi connectivity index (χ3v) is 33.7. The van der Waals surface area contributed by atoms with Gasteiger partial charge in [0.1, 0.15) is 11.5 Å². The number of hydrogen-bond acceptors (Lipinski definition) is 14. The van der Waals surface area contributed by atoms with Gasteiger partial charge < -0.3 is 54.8 Å². The van der Waals surface area contributed by atoms with Crippen LogP contribution in [-0.4, -0.2) is 101 Å². The molecule has 3 heterocycles. The van der Waals surface area contributed by atoms with E-state index < -0.39 is 39.1 Å². The average molecular weight is 1590 g/mol. The number of aromatic amines is 1. The van der Waals surface area contributed by atoms with E-state index in [0.29, 0.717) is 96.5 Å². The molecule has 0 bridgehead atoms. The Labute approximate surface area is 699 Å². The normalized spacial score (nSPS) is 34.9. The number of aromatic nitrogens is 1. The Balaban J connectivity index is 0.000000145. The maximum atomic E-state index is 12.2. The summed E-state index contributed by atoms with van der Waals surface area (Å²) in [4.78, 5) is 28.1. The summed E-state index contributed by atoms with van der Waals surface area (Å²) in [5.74, 6) is 0.822. The number of para-hydroxylation sites is 1. The molecule has 8 fully saturated rings. The molecule has 18 heteroatoms. The number of aldehydes is 2. The molecule has 17 rings (SSSR count). The zero-order chi connectivity index (χ0) is 82.5. The number of nitrogens with one attached hydrogen (secondary N) is 1. The van der Waals surface area contributed by atoms with Crippen molar-refractivity contribution in [2.75, 3.05) is 0 Å². The summed E-state index contributed by atoms with van der Waals surface area (Å²) in [6.45, 7) is 45.6. The Morgan fingerprint density at radius 2 is 1.20 bits per heavy atom. The molecule has 2 aliphatic heterocycles. The molecule has 7 aromatic rings. The van der Waals surface area contributed by atoms with E-state index in [0.717, 1.165) is 30.6 Å². The number of benzene rings is 6. The fraction of sp³-hybridized carbons (Fsp3) is 0.625. The number of rotatable bonds is 5. The number of fused-ring (bicyclic) bond motifs is 21. The first-order valence-electron chi connectivity index (χ1n) is 42.3. The minimum atomic E-state index is -4.92. The summed E-state index contributed by atoms with van der Waals surface area (Å²) < 4.78 is 47.1. The van der Waals surface area contributed by atoms with E-state index in [4.69, 9.17) is 27.0 Å². The number of hydrogen-bond donors (Lipinski definition) is 9. The van der Waals surface area contributed by atoms with Gasteiger partial charge in [0.25, 0.3) is 0 Å². The van der Waals surface area contributed by atoms with E-state index in [-0.39, 0.29) is 126 Å². The van der Waals surface area contributed by atoms with Crippen LogP contribution in [0.15, 0.2) is 48.5 Å². The summed E-state index contributed by atoms with van der Waals surface area (Å²) in [5, 5.41) is 79.3. The smallest absolute Gasteiger partial charge is 0.726 e. The summed E-state index contributed by atoms with van der Waals surface area (Å²) in [6, 6.07) is 20.4. The van der Waals surface area contributed by atoms with Crippen molar-refractivity contribution in [1.29, 1.82) is 0 Å². The molecule has 9 N–H and O–H groups in total. The minimum Gasteiger partial charge on any atom is -0.726 e. The van der Waals surface area contributed by atoms with E-state index in [2.05, 4.69) is 144 Å². The third-order valence-electron chi connectivity index (χ3n) is 33.7. The fourth-order valence-electron chi connectivity index (χ4n) is 27.9. The monoisotopic (exact) mass is 1590 g/mol. The Morgan fingerprint density at radius 1 is 0.605 bits per heavy atom. The van der Waals surface area contributed by atoms with Gasteiger partial charge in [0, 0.05) is 66.9 Å². The molecule has 114 heavy (non-hydrogen) atoms. The average Bonchev–Trinajstić information content (AvgIpc) is 1.44. The molecule has 0 unspecified atom stereocenters. The second kappa shape index (κ2) is 29.3. The molecule has 8 aliphatic carbocycles. The number of aliphatic hydroxyl groups excluding tert-OH is 1. The fourth-order valence-corrected chi connectivity index (χ4v) is 27.9. The van der Waals surface area contributed by atoms with Crippen molar-refractivity contribution in [1.82, 2.24) is 4.98 Å². The Bertz CT molecular complexity index is 5100. The van der Waals surface area contributed by atoms with Crippen LogP contribution in [0.1, 0.15) is 303 Å². The number of carbonyl (C=O) groups excluding carboxylic acids is 2.